The minimum atomic E-state index is -0.269. The summed E-state index contributed by atoms with van der Waals surface area (Å²) >= 11 is 0. The van der Waals surface area contributed by atoms with Gasteiger partial charge in [0.2, 0.25) is 5.91 Å². The van der Waals surface area contributed by atoms with E-state index in [1.807, 2.05) is 29.3 Å². The molecule has 266 valence electrons. The Morgan fingerprint density at radius 2 is 1.69 bits per heavy atom. The fraction of sp³-hybridized carbons (Fsp3) is 0.410. The third-order valence-electron chi connectivity index (χ3n) is 10.7. The van der Waals surface area contributed by atoms with Gasteiger partial charge in [-0.25, -0.2) is 15.0 Å². The second-order valence-corrected chi connectivity index (χ2v) is 13.8. The largest absolute Gasteiger partial charge is 0.494 e. The molecule has 12 heteroatoms. The number of benzene rings is 2. The molecule has 51 heavy (non-hydrogen) atoms. The van der Waals surface area contributed by atoms with Crippen molar-refractivity contribution in [3.8, 4) is 16.9 Å². The fourth-order valence-corrected chi connectivity index (χ4v) is 7.79. The SMILES string of the molecule is C=CC(=O)Nc1cc(Nc2cc(N3OCCC3c3cccc(-c4ccoc4)c3)ncn2)c(OC)cc1N1CCC(N2CCN(C3CC3)CC2)CC1. The van der Waals surface area contributed by atoms with Crippen LogP contribution < -0.4 is 25.3 Å². The Balaban J connectivity index is 0.993. The second kappa shape index (κ2) is 14.7. The standard InChI is InChI=1S/C39H46N8O4/c1-3-39(48)43-32-22-33(36(49-2)23-35(32)46-13-9-31(10-14-46)45-17-15-44(16-18-45)30-7-8-30)42-37-24-38(41-26-40-37)47-34(12-20-51-47)28-6-4-5-27(21-28)29-11-19-50-25-29/h3-6,11,19,21-26,30-31,34H,1,7-10,12-18,20H2,2H3,(H,43,48)(H,40,41,42). The van der Waals surface area contributed by atoms with Crippen LogP contribution in [0.3, 0.4) is 0 Å². The zero-order valence-electron chi connectivity index (χ0n) is 29.2. The average Bonchev–Trinajstić information content (AvgIpc) is 3.64. The molecule has 4 aromatic rings. The van der Waals surface area contributed by atoms with Gasteiger partial charge < -0.3 is 24.7 Å². The van der Waals surface area contributed by atoms with Gasteiger partial charge in [0.15, 0.2) is 5.82 Å². The van der Waals surface area contributed by atoms with Crippen molar-refractivity contribution in [3.05, 3.63) is 85.6 Å². The van der Waals surface area contributed by atoms with Crippen LogP contribution in [0.25, 0.3) is 11.1 Å². The Labute approximate surface area is 299 Å². The number of hydroxylamine groups is 1. The van der Waals surface area contributed by atoms with E-state index in [2.05, 4.69) is 66.1 Å². The number of anilines is 5. The van der Waals surface area contributed by atoms with Crippen LogP contribution in [0.2, 0.25) is 0 Å². The first kappa shape index (κ1) is 33.2. The average molecular weight is 691 g/mol. The maximum atomic E-state index is 12.7. The Bertz CT molecular complexity index is 1830. The van der Waals surface area contributed by atoms with Crippen LogP contribution in [0, 0.1) is 0 Å². The molecule has 12 nitrogen and oxygen atoms in total. The monoisotopic (exact) mass is 690 g/mol. The van der Waals surface area contributed by atoms with Gasteiger partial charge in [0.25, 0.3) is 0 Å². The van der Waals surface area contributed by atoms with Crippen LogP contribution in [-0.4, -0.2) is 90.7 Å². The van der Waals surface area contributed by atoms with E-state index in [-0.39, 0.29) is 11.9 Å². The van der Waals surface area contributed by atoms with E-state index in [0.29, 0.717) is 41.4 Å². The predicted octanol–water partition coefficient (Wildman–Crippen LogP) is 6.25. The normalized spacial score (nSPS) is 20.4. The first-order valence-electron chi connectivity index (χ1n) is 18.1. The molecular formula is C39H46N8O4. The minimum absolute atomic E-state index is 0.0226. The molecule has 1 amide bonds. The molecule has 1 unspecified atom stereocenters. The van der Waals surface area contributed by atoms with Crippen molar-refractivity contribution in [2.75, 3.05) is 73.6 Å². The molecule has 1 atom stereocenters. The highest BCUT2D eigenvalue weighted by molar-refractivity contribution is 6.02. The van der Waals surface area contributed by atoms with Crippen molar-refractivity contribution in [3.63, 3.8) is 0 Å². The summed E-state index contributed by atoms with van der Waals surface area (Å²) in [5.74, 6) is 1.58. The number of ether oxygens (including phenoxy) is 1. The number of hydrogen-bond donors (Lipinski definition) is 2. The number of carbonyl (C=O) groups excluding carboxylic acids is 1. The molecule has 3 aliphatic heterocycles. The molecule has 4 aliphatic rings. The first-order chi connectivity index (χ1) is 25.1. The van der Waals surface area contributed by atoms with Crippen molar-refractivity contribution >= 4 is 34.6 Å². The lowest BCUT2D eigenvalue weighted by Crippen LogP contribution is -2.53. The number of methoxy groups -OCH3 is 1. The van der Waals surface area contributed by atoms with Gasteiger partial charge in [0.05, 0.1) is 49.3 Å². The smallest absolute Gasteiger partial charge is 0.247 e. The highest BCUT2D eigenvalue weighted by atomic mass is 16.7. The fourth-order valence-electron chi connectivity index (χ4n) is 7.79. The van der Waals surface area contributed by atoms with Crippen molar-refractivity contribution in [1.29, 1.82) is 0 Å². The molecule has 1 saturated carbocycles. The van der Waals surface area contributed by atoms with Crippen LogP contribution >= 0.6 is 0 Å². The quantitative estimate of drug-likeness (QED) is 0.174. The summed E-state index contributed by atoms with van der Waals surface area (Å²) in [6.45, 7) is 10.8. The van der Waals surface area contributed by atoms with Gasteiger partial charge in [-0.15, -0.1) is 0 Å². The van der Waals surface area contributed by atoms with E-state index in [4.69, 9.17) is 14.0 Å². The van der Waals surface area contributed by atoms with Gasteiger partial charge >= 0.3 is 0 Å². The lowest BCUT2D eigenvalue weighted by atomic mass is 9.99. The molecule has 0 bridgehead atoms. The van der Waals surface area contributed by atoms with E-state index < -0.39 is 0 Å². The summed E-state index contributed by atoms with van der Waals surface area (Å²) in [6.07, 6.45) is 12.0. The molecule has 2 aromatic heterocycles. The second-order valence-electron chi connectivity index (χ2n) is 13.8. The number of nitrogens with zero attached hydrogens (tertiary/aromatic N) is 6. The highest BCUT2D eigenvalue weighted by Gasteiger charge is 2.34. The number of amides is 1. The molecule has 0 radical (unpaired) electrons. The zero-order chi connectivity index (χ0) is 34.7. The molecule has 2 N–H and O–H groups in total. The molecule has 4 fully saturated rings. The molecule has 2 aromatic carbocycles. The van der Waals surface area contributed by atoms with Gasteiger partial charge in [-0.2, -0.15) is 0 Å². The molecule has 5 heterocycles. The number of piperidine rings is 1. The Morgan fingerprint density at radius 3 is 2.39 bits per heavy atom. The number of furan rings is 1. The van der Waals surface area contributed by atoms with Crippen LogP contribution in [0.15, 0.2) is 84.5 Å². The van der Waals surface area contributed by atoms with Crippen LogP contribution in [-0.2, 0) is 9.63 Å². The van der Waals surface area contributed by atoms with E-state index in [0.717, 1.165) is 73.9 Å². The van der Waals surface area contributed by atoms with Crippen molar-refractivity contribution in [2.45, 2.75) is 50.2 Å². The number of nitrogens with one attached hydrogen (secondary N) is 2. The van der Waals surface area contributed by atoms with E-state index in [1.165, 1.54) is 38.3 Å². The Morgan fingerprint density at radius 1 is 0.902 bits per heavy atom. The Kier molecular flexibility index (Phi) is 9.61. The van der Waals surface area contributed by atoms with E-state index in [9.17, 15) is 4.79 Å². The Hall–Kier alpha value is -4.91. The van der Waals surface area contributed by atoms with Crippen molar-refractivity contribution in [2.24, 2.45) is 0 Å². The number of aromatic nitrogens is 2. The van der Waals surface area contributed by atoms with E-state index >= 15 is 0 Å². The topological polar surface area (TPSA) is 111 Å². The number of piperazine rings is 1. The summed E-state index contributed by atoms with van der Waals surface area (Å²) in [4.78, 5) is 35.6. The summed E-state index contributed by atoms with van der Waals surface area (Å²) < 4.78 is 11.2. The third-order valence-corrected chi connectivity index (χ3v) is 10.7. The van der Waals surface area contributed by atoms with Crippen LogP contribution in [0.1, 0.15) is 43.7 Å². The molecule has 1 aliphatic carbocycles. The maximum Gasteiger partial charge on any atom is 0.247 e. The van der Waals surface area contributed by atoms with Gasteiger partial charge in [-0.3, -0.25) is 19.4 Å². The zero-order valence-corrected chi connectivity index (χ0v) is 29.2. The lowest BCUT2D eigenvalue weighted by molar-refractivity contribution is -0.111. The van der Waals surface area contributed by atoms with Gasteiger partial charge in [-0.05, 0) is 61.1 Å². The highest BCUT2D eigenvalue weighted by Crippen LogP contribution is 2.41. The van der Waals surface area contributed by atoms with Crippen molar-refractivity contribution in [1.82, 2.24) is 19.8 Å². The maximum absolute atomic E-state index is 12.7. The molecule has 8 rings (SSSR count). The predicted molar refractivity (Wildman–Crippen MR) is 198 cm³/mol. The third kappa shape index (κ3) is 7.30. The summed E-state index contributed by atoms with van der Waals surface area (Å²) in [5.41, 5.74) is 5.52. The first-order valence-corrected chi connectivity index (χ1v) is 18.1. The number of rotatable bonds is 11. The van der Waals surface area contributed by atoms with E-state index in [1.54, 1.807) is 19.6 Å². The summed E-state index contributed by atoms with van der Waals surface area (Å²) in [6, 6.07) is 17.6. The van der Waals surface area contributed by atoms with Crippen LogP contribution in [0.4, 0.5) is 28.7 Å². The number of carbonyl (C=O) groups is 1. The molecule has 3 saturated heterocycles. The molecular weight excluding hydrogens is 644 g/mol. The van der Waals surface area contributed by atoms with Gasteiger partial charge in [-0.1, -0.05) is 24.8 Å². The molecule has 0 spiro atoms. The van der Waals surface area contributed by atoms with Gasteiger partial charge in [0.1, 0.15) is 17.9 Å². The summed E-state index contributed by atoms with van der Waals surface area (Å²) in [7, 11) is 1.66. The summed E-state index contributed by atoms with van der Waals surface area (Å²) in [5, 5.41) is 8.33. The minimum Gasteiger partial charge on any atom is -0.494 e. The lowest BCUT2D eigenvalue weighted by Gasteiger charge is -2.43. The van der Waals surface area contributed by atoms with Crippen molar-refractivity contribution < 1.29 is 18.8 Å². The van der Waals surface area contributed by atoms with Gasteiger partial charge in [0, 0.05) is 75.5 Å². The van der Waals surface area contributed by atoms with Crippen LogP contribution in [0.5, 0.6) is 5.75 Å². The number of hydrogen-bond acceptors (Lipinski definition) is 11.